The van der Waals surface area contributed by atoms with Crippen LogP contribution in [-0.4, -0.2) is 28.0 Å². The van der Waals surface area contributed by atoms with E-state index in [0.717, 1.165) is 12.8 Å². The third kappa shape index (κ3) is 2.94. The highest BCUT2D eigenvalue weighted by atomic mass is 16.2. The number of amides is 1. The number of hydrogen-bond donors (Lipinski definition) is 4. The first kappa shape index (κ1) is 16.0. The summed E-state index contributed by atoms with van der Waals surface area (Å²) in [4.78, 5) is 39.9. The average molecular weight is 304 g/mol. The molecule has 22 heavy (non-hydrogen) atoms. The Kier molecular flexibility index (Phi) is 4.46. The molecule has 0 spiro atoms. The van der Waals surface area contributed by atoms with Gasteiger partial charge in [-0.1, -0.05) is 13.8 Å². The molecule has 0 bridgehead atoms. The quantitative estimate of drug-likeness (QED) is 0.600. The van der Waals surface area contributed by atoms with Gasteiger partial charge in [-0.05, 0) is 31.0 Å². The molecule has 2 aromatic rings. The van der Waals surface area contributed by atoms with Gasteiger partial charge >= 0.3 is 11.1 Å². The maximum atomic E-state index is 12.4. The Hall–Kier alpha value is -2.41. The molecule has 5 N–H and O–H groups in total. The number of rotatable bonds is 5. The van der Waals surface area contributed by atoms with Crippen molar-refractivity contribution in [3.8, 4) is 0 Å². The number of fused-ring (bicyclic) bond motifs is 1. The fraction of sp³-hybridized carbons (Fsp3) is 0.400. The van der Waals surface area contributed by atoms with Crippen molar-refractivity contribution in [2.45, 2.75) is 32.2 Å². The molecule has 1 aromatic carbocycles. The van der Waals surface area contributed by atoms with Crippen molar-refractivity contribution in [3.63, 3.8) is 0 Å². The molecule has 2 rings (SSSR count). The number of aromatic nitrogens is 2. The molecule has 0 fully saturated rings. The number of carbonyl (C=O) groups excluding carboxylic acids is 1. The monoisotopic (exact) mass is 304 g/mol. The Morgan fingerprint density at radius 1 is 1.14 bits per heavy atom. The minimum atomic E-state index is -0.747. The van der Waals surface area contributed by atoms with Gasteiger partial charge in [-0.3, -0.25) is 14.4 Å². The summed E-state index contributed by atoms with van der Waals surface area (Å²) in [6, 6.07) is 4.72. The molecule has 0 aliphatic rings. The lowest BCUT2D eigenvalue weighted by atomic mass is 9.92. The maximum Gasteiger partial charge on any atom is 0.314 e. The van der Waals surface area contributed by atoms with Gasteiger partial charge in [0.1, 0.15) is 0 Å². The van der Waals surface area contributed by atoms with E-state index in [4.69, 9.17) is 5.73 Å². The van der Waals surface area contributed by atoms with Crippen molar-refractivity contribution in [3.05, 3.63) is 44.5 Å². The average Bonchev–Trinajstić information content (AvgIpc) is 2.53. The summed E-state index contributed by atoms with van der Waals surface area (Å²) in [5.74, 6) is -0.261. The molecule has 118 valence electrons. The zero-order valence-corrected chi connectivity index (χ0v) is 12.7. The summed E-state index contributed by atoms with van der Waals surface area (Å²) in [6.45, 7) is 4.29. The fourth-order valence-electron chi connectivity index (χ4n) is 2.34. The minimum absolute atomic E-state index is 0.261. The van der Waals surface area contributed by atoms with Crippen LogP contribution in [0.5, 0.6) is 0 Å². The summed E-state index contributed by atoms with van der Waals surface area (Å²) in [7, 11) is 0. The van der Waals surface area contributed by atoms with Gasteiger partial charge in [0, 0.05) is 12.1 Å². The van der Waals surface area contributed by atoms with Crippen LogP contribution >= 0.6 is 0 Å². The minimum Gasteiger partial charge on any atom is -0.345 e. The van der Waals surface area contributed by atoms with E-state index in [0.29, 0.717) is 23.1 Å². The molecule has 0 aliphatic heterocycles. The third-order valence-corrected chi connectivity index (χ3v) is 4.11. The summed E-state index contributed by atoms with van der Waals surface area (Å²) in [5, 5.41) is 2.96. The molecule has 0 atom stereocenters. The van der Waals surface area contributed by atoms with Crippen LogP contribution in [-0.2, 0) is 0 Å². The lowest BCUT2D eigenvalue weighted by Gasteiger charge is -2.31. The van der Waals surface area contributed by atoms with Crippen molar-refractivity contribution in [2.75, 3.05) is 6.54 Å². The van der Waals surface area contributed by atoms with Crippen molar-refractivity contribution in [1.29, 1.82) is 0 Å². The third-order valence-electron chi connectivity index (χ3n) is 4.11. The van der Waals surface area contributed by atoms with Crippen LogP contribution in [0.4, 0.5) is 0 Å². The second-order valence-corrected chi connectivity index (χ2v) is 5.31. The number of aromatic amines is 2. The van der Waals surface area contributed by atoms with E-state index in [1.54, 1.807) is 12.1 Å². The summed E-state index contributed by atoms with van der Waals surface area (Å²) in [6.07, 6.45) is 1.45. The molecule has 1 aromatic heterocycles. The molecule has 0 saturated heterocycles. The highest BCUT2D eigenvalue weighted by molar-refractivity contribution is 5.97. The van der Waals surface area contributed by atoms with Crippen LogP contribution in [0.15, 0.2) is 27.8 Å². The molecule has 0 saturated carbocycles. The van der Waals surface area contributed by atoms with E-state index in [1.807, 2.05) is 13.8 Å². The van der Waals surface area contributed by atoms with E-state index < -0.39 is 16.7 Å². The predicted molar refractivity (Wildman–Crippen MR) is 85.0 cm³/mol. The molecule has 1 amide bonds. The van der Waals surface area contributed by atoms with Crippen molar-refractivity contribution in [2.24, 2.45) is 5.73 Å². The Labute approximate surface area is 126 Å². The largest absolute Gasteiger partial charge is 0.345 e. The number of nitrogens with one attached hydrogen (secondary N) is 3. The van der Waals surface area contributed by atoms with Gasteiger partial charge in [0.25, 0.3) is 5.91 Å². The van der Waals surface area contributed by atoms with Gasteiger partial charge < -0.3 is 21.0 Å². The smallest absolute Gasteiger partial charge is 0.314 e. The number of hydrogen-bond acceptors (Lipinski definition) is 4. The van der Waals surface area contributed by atoms with Gasteiger partial charge in [-0.15, -0.1) is 0 Å². The van der Waals surface area contributed by atoms with E-state index >= 15 is 0 Å². The molecule has 0 unspecified atom stereocenters. The lowest BCUT2D eigenvalue weighted by molar-refractivity contribution is 0.0895. The number of carbonyl (C=O) groups is 1. The summed E-state index contributed by atoms with van der Waals surface area (Å²) < 4.78 is 0. The molecule has 0 radical (unpaired) electrons. The van der Waals surface area contributed by atoms with E-state index in [2.05, 4.69) is 15.3 Å². The topological polar surface area (TPSA) is 121 Å². The van der Waals surface area contributed by atoms with E-state index in [1.165, 1.54) is 6.07 Å². The number of nitrogens with two attached hydrogens (primary N) is 1. The predicted octanol–water partition coefficient (Wildman–Crippen LogP) is 0.464. The molecule has 7 heteroatoms. The second-order valence-electron chi connectivity index (χ2n) is 5.31. The van der Waals surface area contributed by atoms with Gasteiger partial charge in [-0.25, -0.2) is 0 Å². The maximum absolute atomic E-state index is 12.4. The fourth-order valence-corrected chi connectivity index (χ4v) is 2.34. The Bertz CT molecular complexity index is 794. The second kappa shape index (κ2) is 6.15. The standard InChI is InChI=1S/C15H20N4O3/c1-3-15(4-2,8-16)19-12(20)9-5-6-10-11(7-9)18-14(22)13(21)17-10/h5-7H,3-4,8,16H2,1-2H3,(H,17,21)(H,18,22)(H,19,20). The Morgan fingerprint density at radius 3 is 2.27 bits per heavy atom. The van der Waals surface area contributed by atoms with Gasteiger partial charge in [0.05, 0.1) is 16.6 Å². The lowest BCUT2D eigenvalue weighted by Crippen LogP contribution is -2.52. The Morgan fingerprint density at radius 2 is 1.73 bits per heavy atom. The zero-order chi connectivity index (χ0) is 16.3. The van der Waals surface area contributed by atoms with E-state index in [-0.39, 0.29) is 5.91 Å². The first-order chi connectivity index (χ1) is 10.4. The normalized spacial score (nSPS) is 11.6. The Balaban J connectivity index is 2.38. The molecule has 0 aliphatic carbocycles. The highest BCUT2D eigenvalue weighted by Crippen LogP contribution is 2.16. The first-order valence-electron chi connectivity index (χ1n) is 7.23. The van der Waals surface area contributed by atoms with Gasteiger partial charge in [0.15, 0.2) is 0 Å². The number of H-pyrrole nitrogens is 2. The molecule has 7 nitrogen and oxygen atoms in total. The van der Waals surface area contributed by atoms with Crippen LogP contribution in [0.3, 0.4) is 0 Å². The summed E-state index contributed by atoms with van der Waals surface area (Å²) in [5.41, 5.74) is 5.15. The van der Waals surface area contributed by atoms with Crippen molar-refractivity contribution < 1.29 is 4.79 Å². The van der Waals surface area contributed by atoms with Gasteiger partial charge in [0.2, 0.25) is 0 Å². The van der Waals surface area contributed by atoms with E-state index in [9.17, 15) is 14.4 Å². The van der Waals surface area contributed by atoms with Gasteiger partial charge in [-0.2, -0.15) is 0 Å². The van der Waals surface area contributed by atoms with Crippen LogP contribution in [0.2, 0.25) is 0 Å². The van der Waals surface area contributed by atoms with Crippen LogP contribution in [0, 0.1) is 0 Å². The zero-order valence-electron chi connectivity index (χ0n) is 12.7. The highest BCUT2D eigenvalue weighted by Gasteiger charge is 2.26. The first-order valence-corrected chi connectivity index (χ1v) is 7.23. The van der Waals surface area contributed by atoms with Crippen LogP contribution in [0.25, 0.3) is 11.0 Å². The number of benzene rings is 1. The summed E-state index contributed by atoms with van der Waals surface area (Å²) >= 11 is 0. The SMILES string of the molecule is CCC(CC)(CN)NC(=O)c1ccc2[nH]c(=O)c(=O)[nH]c2c1. The van der Waals surface area contributed by atoms with Crippen molar-refractivity contribution >= 4 is 16.9 Å². The van der Waals surface area contributed by atoms with Crippen molar-refractivity contribution in [1.82, 2.24) is 15.3 Å². The van der Waals surface area contributed by atoms with Crippen LogP contribution in [0.1, 0.15) is 37.0 Å². The van der Waals surface area contributed by atoms with Crippen LogP contribution < -0.4 is 22.2 Å². The molecule has 1 heterocycles. The molecular weight excluding hydrogens is 284 g/mol. The molecular formula is C15H20N4O3.